The zero-order valence-corrected chi connectivity index (χ0v) is 13.6. The van der Waals surface area contributed by atoms with Gasteiger partial charge in [-0.1, -0.05) is 29.8 Å². The second-order valence-electron chi connectivity index (χ2n) is 5.19. The number of fused-ring (bicyclic) bond motifs is 1. The van der Waals surface area contributed by atoms with Gasteiger partial charge >= 0.3 is 5.91 Å². The van der Waals surface area contributed by atoms with Crippen LogP contribution in [-0.4, -0.2) is 10.1 Å². The first-order valence-corrected chi connectivity index (χ1v) is 8.24. The molecule has 3 rings (SSSR count). The van der Waals surface area contributed by atoms with Gasteiger partial charge in [0.2, 0.25) is 0 Å². The lowest BCUT2D eigenvalue weighted by Gasteiger charge is -2.05. The van der Waals surface area contributed by atoms with Crippen LogP contribution in [0.4, 0.5) is 0 Å². The molecule has 0 aliphatic heterocycles. The van der Waals surface area contributed by atoms with Crippen molar-refractivity contribution < 1.29 is 13.4 Å². The molecule has 5 nitrogen and oxygen atoms in total. The minimum absolute atomic E-state index is 0.211. The molecule has 3 aromatic rings. The lowest BCUT2D eigenvalue weighted by Crippen LogP contribution is -2.38. The van der Waals surface area contributed by atoms with E-state index in [-0.39, 0.29) is 5.76 Å². The van der Waals surface area contributed by atoms with E-state index in [1.165, 1.54) is 0 Å². The molecule has 1 aromatic heterocycles. The lowest BCUT2D eigenvalue weighted by molar-refractivity contribution is 0.0919. The van der Waals surface area contributed by atoms with Crippen molar-refractivity contribution >= 4 is 27.9 Å². The number of aryl methyl sites for hydroxylation is 2. The Bertz CT molecular complexity index is 887. The third-order valence-electron chi connectivity index (χ3n) is 3.51. The van der Waals surface area contributed by atoms with Crippen molar-refractivity contribution in [1.82, 2.24) is 10.3 Å². The standard InChI is InChI=1S/C17H16N2O3S/c1-11-8-9-15-14(10-11)12(2)16(22-15)17(20)18-19-23(21)13-6-4-3-5-7-13/h3-10,19H,1-2H3,(H,18,20). The van der Waals surface area contributed by atoms with Gasteiger partial charge < -0.3 is 4.42 Å². The van der Waals surface area contributed by atoms with Gasteiger partial charge in [-0.15, -0.1) is 4.83 Å². The van der Waals surface area contributed by atoms with Gasteiger partial charge in [-0.2, -0.15) is 0 Å². The summed E-state index contributed by atoms with van der Waals surface area (Å²) >= 11 is 0. The topological polar surface area (TPSA) is 71.3 Å². The normalized spacial score (nSPS) is 12.3. The van der Waals surface area contributed by atoms with Crippen LogP contribution in [0.3, 0.4) is 0 Å². The number of benzene rings is 2. The monoisotopic (exact) mass is 328 g/mol. The van der Waals surface area contributed by atoms with Gasteiger partial charge in [0, 0.05) is 10.9 Å². The molecule has 1 heterocycles. The van der Waals surface area contributed by atoms with Gasteiger partial charge in [0.25, 0.3) is 0 Å². The van der Waals surface area contributed by atoms with Crippen molar-refractivity contribution in [3.63, 3.8) is 0 Å². The zero-order chi connectivity index (χ0) is 16.4. The summed E-state index contributed by atoms with van der Waals surface area (Å²) in [5.41, 5.74) is 4.94. The van der Waals surface area contributed by atoms with Crippen molar-refractivity contribution in [2.45, 2.75) is 18.7 Å². The van der Waals surface area contributed by atoms with Gasteiger partial charge in [0.15, 0.2) is 5.76 Å². The summed E-state index contributed by atoms with van der Waals surface area (Å²) in [6.45, 7) is 3.81. The van der Waals surface area contributed by atoms with E-state index in [4.69, 9.17) is 4.42 Å². The summed E-state index contributed by atoms with van der Waals surface area (Å²) in [7, 11) is -1.53. The summed E-state index contributed by atoms with van der Waals surface area (Å²) < 4.78 is 17.6. The largest absolute Gasteiger partial charge is 0.451 e. The molecule has 0 aliphatic carbocycles. The van der Waals surface area contributed by atoms with Crippen LogP contribution in [0.2, 0.25) is 0 Å². The summed E-state index contributed by atoms with van der Waals surface area (Å²) in [6.07, 6.45) is 0. The number of amides is 1. The fourth-order valence-electron chi connectivity index (χ4n) is 2.30. The highest BCUT2D eigenvalue weighted by Crippen LogP contribution is 2.26. The van der Waals surface area contributed by atoms with E-state index in [2.05, 4.69) is 10.3 Å². The number of carbonyl (C=O) groups excluding carboxylic acids is 1. The van der Waals surface area contributed by atoms with E-state index in [0.29, 0.717) is 10.5 Å². The second kappa shape index (κ2) is 6.36. The Hall–Kier alpha value is -2.44. The summed E-state index contributed by atoms with van der Waals surface area (Å²) in [6, 6.07) is 14.6. The highest BCUT2D eigenvalue weighted by atomic mass is 32.2. The molecule has 0 aliphatic rings. The molecular weight excluding hydrogens is 312 g/mol. The number of furan rings is 1. The van der Waals surface area contributed by atoms with Gasteiger partial charge in [0.1, 0.15) is 16.6 Å². The van der Waals surface area contributed by atoms with Crippen LogP contribution in [0.15, 0.2) is 57.8 Å². The van der Waals surface area contributed by atoms with Crippen molar-refractivity contribution in [2.75, 3.05) is 0 Å². The minimum Gasteiger partial charge on any atom is -0.451 e. The Morgan fingerprint density at radius 1 is 1.09 bits per heavy atom. The number of hydrogen-bond donors (Lipinski definition) is 2. The maximum atomic E-state index is 12.3. The molecule has 1 atom stereocenters. The average Bonchev–Trinajstić information content (AvgIpc) is 2.90. The number of hydrogen-bond acceptors (Lipinski definition) is 3. The van der Waals surface area contributed by atoms with Crippen LogP contribution in [-0.2, 0) is 11.0 Å². The molecule has 0 saturated carbocycles. The third-order valence-corrected chi connectivity index (χ3v) is 4.50. The van der Waals surface area contributed by atoms with E-state index in [1.54, 1.807) is 24.3 Å². The molecule has 0 bridgehead atoms. The van der Waals surface area contributed by atoms with Crippen molar-refractivity contribution in [3.8, 4) is 0 Å². The molecule has 1 amide bonds. The van der Waals surface area contributed by atoms with Gasteiger partial charge in [0.05, 0.1) is 4.90 Å². The van der Waals surface area contributed by atoms with E-state index >= 15 is 0 Å². The number of rotatable bonds is 4. The first-order valence-electron chi connectivity index (χ1n) is 7.09. The van der Waals surface area contributed by atoms with Crippen LogP contribution in [0.5, 0.6) is 0 Å². The van der Waals surface area contributed by atoms with Crippen LogP contribution in [0.25, 0.3) is 11.0 Å². The molecule has 23 heavy (non-hydrogen) atoms. The van der Waals surface area contributed by atoms with Crippen molar-refractivity contribution in [3.05, 3.63) is 65.4 Å². The Labute approximate surface area is 136 Å². The molecule has 0 fully saturated rings. The summed E-state index contributed by atoms with van der Waals surface area (Å²) in [5.74, 6) is -0.246. The Morgan fingerprint density at radius 3 is 2.57 bits per heavy atom. The molecular formula is C17H16N2O3S. The fourth-order valence-corrected chi connectivity index (χ4v) is 3.01. The lowest BCUT2D eigenvalue weighted by atomic mass is 10.1. The first kappa shape index (κ1) is 15.5. The molecule has 0 saturated heterocycles. The molecule has 2 N–H and O–H groups in total. The van der Waals surface area contributed by atoms with Crippen molar-refractivity contribution in [2.24, 2.45) is 0 Å². The van der Waals surface area contributed by atoms with E-state index in [1.807, 2.05) is 38.1 Å². The Kier molecular flexibility index (Phi) is 4.27. The molecule has 0 spiro atoms. The third kappa shape index (κ3) is 3.18. The molecule has 6 heteroatoms. The number of hydrazine groups is 1. The second-order valence-corrected chi connectivity index (χ2v) is 6.41. The molecule has 1 unspecified atom stereocenters. The fraction of sp³-hybridized carbons (Fsp3) is 0.118. The highest BCUT2D eigenvalue weighted by Gasteiger charge is 2.18. The van der Waals surface area contributed by atoms with E-state index < -0.39 is 16.9 Å². The predicted octanol–water partition coefficient (Wildman–Crippen LogP) is 3.01. The smallest absolute Gasteiger partial charge is 0.302 e. The quantitative estimate of drug-likeness (QED) is 0.723. The predicted molar refractivity (Wildman–Crippen MR) is 89.1 cm³/mol. The minimum atomic E-state index is -1.53. The van der Waals surface area contributed by atoms with Crippen LogP contribution < -0.4 is 10.3 Å². The Balaban J connectivity index is 1.76. The van der Waals surface area contributed by atoms with E-state index in [0.717, 1.165) is 16.5 Å². The van der Waals surface area contributed by atoms with Crippen LogP contribution >= 0.6 is 0 Å². The number of nitrogens with one attached hydrogen (secondary N) is 2. The van der Waals surface area contributed by atoms with Crippen molar-refractivity contribution in [1.29, 1.82) is 0 Å². The van der Waals surface area contributed by atoms with Gasteiger partial charge in [-0.05, 0) is 38.1 Å². The molecule has 2 aromatic carbocycles. The van der Waals surface area contributed by atoms with Gasteiger partial charge in [-0.3, -0.25) is 10.2 Å². The van der Waals surface area contributed by atoms with E-state index in [9.17, 15) is 9.00 Å². The SMILES string of the molecule is Cc1ccc2oc(C(=O)NNS(=O)c3ccccc3)c(C)c2c1. The molecule has 118 valence electrons. The number of carbonyl (C=O) groups is 1. The van der Waals surface area contributed by atoms with Gasteiger partial charge in [-0.25, -0.2) is 4.21 Å². The Morgan fingerprint density at radius 2 is 1.83 bits per heavy atom. The summed E-state index contributed by atoms with van der Waals surface area (Å²) in [5, 5.41) is 0.902. The average molecular weight is 328 g/mol. The maximum absolute atomic E-state index is 12.3. The summed E-state index contributed by atoms with van der Waals surface area (Å²) in [4.78, 5) is 15.3. The van der Waals surface area contributed by atoms with Crippen LogP contribution in [0, 0.1) is 13.8 Å². The maximum Gasteiger partial charge on any atom is 0.302 e. The van der Waals surface area contributed by atoms with Crippen LogP contribution in [0.1, 0.15) is 21.7 Å². The zero-order valence-electron chi connectivity index (χ0n) is 12.8. The highest BCUT2D eigenvalue weighted by molar-refractivity contribution is 7.83. The first-order chi connectivity index (χ1) is 11.1. The molecule has 0 radical (unpaired) electrons.